The van der Waals surface area contributed by atoms with Gasteiger partial charge in [-0.15, -0.1) is 0 Å². The highest BCUT2D eigenvalue weighted by atomic mass is 16.6. The molecule has 4 nitrogen and oxygen atoms in total. The molecule has 0 saturated carbocycles. The molecule has 0 aromatic heterocycles. The molecular weight excluding hydrogens is 240 g/mol. The number of ether oxygens (including phenoxy) is 1. The molecule has 2 rings (SSSR count). The molecule has 1 amide bonds. The molecule has 0 atom stereocenters. The van der Waals surface area contributed by atoms with E-state index < -0.39 is 5.60 Å². The zero-order valence-electron chi connectivity index (χ0n) is 12.1. The van der Waals surface area contributed by atoms with Gasteiger partial charge in [0.1, 0.15) is 5.60 Å². The molecule has 1 aromatic carbocycles. The van der Waals surface area contributed by atoms with E-state index >= 15 is 0 Å². The van der Waals surface area contributed by atoms with E-state index in [1.165, 1.54) is 5.69 Å². The lowest BCUT2D eigenvalue weighted by Gasteiger charge is -2.45. The van der Waals surface area contributed by atoms with Crippen LogP contribution in [0.25, 0.3) is 0 Å². The van der Waals surface area contributed by atoms with Gasteiger partial charge in [-0.05, 0) is 32.9 Å². The summed E-state index contributed by atoms with van der Waals surface area (Å²) in [4.78, 5) is 15.9. The van der Waals surface area contributed by atoms with Gasteiger partial charge in [-0.2, -0.15) is 0 Å². The van der Waals surface area contributed by atoms with E-state index in [0.717, 1.165) is 13.1 Å². The summed E-state index contributed by atoms with van der Waals surface area (Å²) in [7, 11) is 1.81. The van der Waals surface area contributed by atoms with Crippen molar-refractivity contribution in [3.05, 3.63) is 30.3 Å². The van der Waals surface area contributed by atoms with Crippen molar-refractivity contribution in [2.45, 2.75) is 32.4 Å². The number of hydrogen-bond acceptors (Lipinski definition) is 3. The highest BCUT2D eigenvalue weighted by molar-refractivity contribution is 5.69. The van der Waals surface area contributed by atoms with E-state index in [-0.39, 0.29) is 12.1 Å². The van der Waals surface area contributed by atoms with Crippen molar-refractivity contribution in [1.29, 1.82) is 0 Å². The van der Waals surface area contributed by atoms with Gasteiger partial charge in [0.15, 0.2) is 0 Å². The molecule has 1 aromatic rings. The Balaban J connectivity index is 1.85. The summed E-state index contributed by atoms with van der Waals surface area (Å²) in [6, 6.07) is 10.5. The van der Waals surface area contributed by atoms with Crippen molar-refractivity contribution in [1.82, 2.24) is 4.90 Å². The monoisotopic (exact) mass is 262 g/mol. The van der Waals surface area contributed by atoms with Gasteiger partial charge in [0, 0.05) is 25.8 Å². The summed E-state index contributed by atoms with van der Waals surface area (Å²) >= 11 is 0. The maximum absolute atomic E-state index is 11.9. The molecule has 1 aliphatic heterocycles. The fourth-order valence-electron chi connectivity index (χ4n) is 2.03. The Bertz CT molecular complexity index is 433. The van der Waals surface area contributed by atoms with Gasteiger partial charge < -0.3 is 14.5 Å². The molecule has 0 radical (unpaired) electrons. The van der Waals surface area contributed by atoms with Gasteiger partial charge in [0.2, 0.25) is 0 Å². The summed E-state index contributed by atoms with van der Waals surface area (Å²) in [6.07, 6.45) is -0.245. The minimum absolute atomic E-state index is 0.232. The Kier molecular flexibility index (Phi) is 3.69. The van der Waals surface area contributed by atoms with E-state index in [4.69, 9.17) is 4.74 Å². The first-order valence-electron chi connectivity index (χ1n) is 6.62. The number of hydrogen-bond donors (Lipinski definition) is 0. The van der Waals surface area contributed by atoms with Crippen LogP contribution in [0.2, 0.25) is 0 Å². The highest BCUT2D eigenvalue weighted by Gasteiger charge is 2.34. The Labute approximate surface area is 115 Å². The number of amides is 1. The second-order valence-corrected chi connectivity index (χ2v) is 5.99. The standard InChI is InChI=1S/C15H22N2O2/c1-15(2,3)19-14(18)16(4)13-10-17(11-13)12-8-6-5-7-9-12/h5-9,13H,10-11H2,1-4H3. The Morgan fingerprint density at radius 3 is 2.37 bits per heavy atom. The van der Waals surface area contributed by atoms with E-state index in [1.807, 2.05) is 39.0 Å². The summed E-state index contributed by atoms with van der Waals surface area (Å²) in [5.41, 5.74) is 0.769. The molecule has 0 aliphatic carbocycles. The summed E-state index contributed by atoms with van der Waals surface area (Å²) in [5, 5.41) is 0. The molecule has 0 spiro atoms. The molecule has 1 aliphatic rings. The lowest BCUT2D eigenvalue weighted by molar-refractivity contribution is 0.0197. The zero-order chi connectivity index (χ0) is 14.0. The molecule has 0 N–H and O–H groups in total. The lowest BCUT2D eigenvalue weighted by atomic mass is 10.1. The Hall–Kier alpha value is -1.71. The first-order valence-corrected chi connectivity index (χ1v) is 6.62. The van der Waals surface area contributed by atoms with Crippen molar-refractivity contribution in [3.63, 3.8) is 0 Å². The number of anilines is 1. The van der Waals surface area contributed by atoms with Crippen molar-refractivity contribution in [2.75, 3.05) is 25.0 Å². The van der Waals surface area contributed by atoms with E-state index in [0.29, 0.717) is 0 Å². The third-order valence-corrected chi connectivity index (χ3v) is 3.21. The Morgan fingerprint density at radius 2 is 1.84 bits per heavy atom. The van der Waals surface area contributed by atoms with Crippen LogP contribution >= 0.6 is 0 Å². The van der Waals surface area contributed by atoms with Crippen LogP contribution in [0.15, 0.2) is 30.3 Å². The van der Waals surface area contributed by atoms with Gasteiger partial charge in [0.05, 0.1) is 6.04 Å². The first-order chi connectivity index (χ1) is 8.87. The minimum atomic E-state index is -0.436. The maximum Gasteiger partial charge on any atom is 0.410 e. The van der Waals surface area contributed by atoms with Gasteiger partial charge in [-0.3, -0.25) is 0 Å². The first kappa shape index (κ1) is 13.7. The van der Waals surface area contributed by atoms with Crippen LogP contribution < -0.4 is 4.90 Å². The lowest BCUT2D eigenvalue weighted by Crippen LogP contribution is -2.60. The predicted octanol–water partition coefficient (Wildman–Crippen LogP) is 2.74. The van der Waals surface area contributed by atoms with Crippen LogP contribution in [0.4, 0.5) is 10.5 Å². The van der Waals surface area contributed by atoms with Crippen molar-refractivity contribution >= 4 is 11.8 Å². The second-order valence-electron chi connectivity index (χ2n) is 5.99. The fourth-order valence-corrected chi connectivity index (χ4v) is 2.03. The number of rotatable bonds is 2. The predicted molar refractivity (Wildman–Crippen MR) is 76.4 cm³/mol. The van der Waals surface area contributed by atoms with Gasteiger partial charge in [-0.25, -0.2) is 4.79 Å². The molecular formula is C15H22N2O2. The maximum atomic E-state index is 11.9. The summed E-state index contributed by atoms with van der Waals surface area (Å²) in [5.74, 6) is 0. The number of nitrogens with zero attached hydrogens (tertiary/aromatic N) is 2. The van der Waals surface area contributed by atoms with Crippen LogP contribution in [-0.4, -0.2) is 42.8 Å². The van der Waals surface area contributed by atoms with E-state index in [9.17, 15) is 4.79 Å². The van der Waals surface area contributed by atoms with Crippen molar-refractivity contribution in [2.24, 2.45) is 0 Å². The van der Waals surface area contributed by atoms with Crippen LogP contribution in [0.5, 0.6) is 0 Å². The van der Waals surface area contributed by atoms with Gasteiger partial charge in [-0.1, -0.05) is 18.2 Å². The van der Waals surface area contributed by atoms with Crippen LogP contribution in [0.3, 0.4) is 0 Å². The highest BCUT2D eigenvalue weighted by Crippen LogP contribution is 2.23. The number of para-hydroxylation sites is 1. The summed E-state index contributed by atoms with van der Waals surface area (Å²) < 4.78 is 5.37. The molecule has 104 valence electrons. The third-order valence-electron chi connectivity index (χ3n) is 3.21. The number of carbonyl (C=O) groups is 1. The molecule has 1 saturated heterocycles. The van der Waals surface area contributed by atoms with Gasteiger partial charge in [0.25, 0.3) is 0 Å². The van der Waals surface area contributed by atoms with Gasteiger partial charge >= 0.3 is 6.09 Å². The van der Waals surface area contributed by atoms with Crippen LogP contribution in [0, 0.1) is 0 Å². The molecule has 1 fully saturated rings. The van der Waals surface area contributed by atoms with E-state index in [2.05, 4.69) is 17.0 Å². The van der Waals surface area contributed by atoms with Crippen LogP contribution in [0.1, 0.15) is 20.8 Å². The molecule has 4 heteroatoms. The van der Waals surface area contributed by atoms with Crippen LogP contribution in [-0.2, 0) is 4.74 Å². The molecule has 0 bridgehead atoms. The average Bonchev–Trinajstić information content (AvgIpc) is 2.26. The largest absolute Gasteiger partial charge is 0.444 e. The molecule has 1 heterocycles. The smallest absolute Gasteiger partial charge is 0.410 e. The molecule has 19 heavy (non-hydrogen) atoms. The molecule has 0 unspecified atom stereocenters. The normalized spacial score (nSPS) is 15.9. The quantitative estimate of drug-likeness (QED) is 0.821. The average molecular weight is 262 g/mol. The number of carbonyl (C=O) groups excluding carboxylic acids is 1. The fraction of sp³-hybridized carbons (Fsp3) is 0.533. The SMILES string of the molecule is CN(C(=O)OC(C)(C)C)C1CN(c2ccccc2)C1. The third kappa shape index (κ3) is 3.40. The second kappa shape index (κ2) is 5.11. The van der Waals surface area contributed by atoms with E-state index in [1.54, 1.807) is 11.9 Å². The summed E-state index contributed by atoms with van der Waals surface area (Å²) in [6.45, 7) is 7.38. The minimum Gasteiger partial charge on any atom is -0.444 e. The van der Waals surface area contributed by atoms with Crippen molar-refractivity contribution in [3.8, 4) is 0 Å². The number of benzene rings is 1. The zero-order valence-corrected chi connectivity index (χ0v) is 12.1. The van der Waals surface area contributed by atoms with Crippen molar-refractivity contribution < 1.29 is 9.53 Å². The Morgan fingerprint density at radius 1 is 1.26 bits per heavy atom. The topological polar surface area (TPSA) is 32.8 Å². The number of likely N-dealkylation sites (N-methyl/N-ethyl adjacent to an activating group) is 1.